The van der Waals surface area contributed by atoms with Gasteiger partial charge in [-0.25, -0.2) is 4.18 Å². The maximum atomic E-state index is 12.9. The van der Waals surface area contributed by atoms with Crippen molar-refractivity contribution in [2.75, 3.05) is 0 Å². The van der Waals surface area contributed by atoms with E-state index in [4.69, 9.17) is 4.18 Å². The smallest absolute Gasteiger partial charge is 0.247 e. The summed E-state index contributed by atoms with van der Waals surface area (Å²) < 4.78 is 67.1. The summed E-state index contributed by atoms with van der Waals surface area (Å²) in [5, 5.41) is 0. The van der Waals surface area contributed by atoms with Gasteiger partial charge in [0, 0.05) is 6.42 Å². The second-order valence-corrected chi connectivity index (χ2v) is 7.37. The van der Waals surface area contributed by atoms with Crippen LogP contribution in [0.25, 0.3) is 5.57 Å². The molecule has 1 aliphatic carbocycles. The number of halogens is 3. The summed E-state index contributed by atoms with van der Waals surface area (Å²) in [5.41, 5.74) is -5.49. The lowest BCUT2D eigenvalue weighted by Gasteiger charge is -2.33. The van der Waals surface area contributed by atoms with E-state index in [2.05, 4.69) is 0 Å². The highest BCUT2D eigenvalue weighted by Crippen LogP contribution is 2.43. The van der Waals surface area contributed by atoms with Crippen LogP contribution in [-0.4, -0.2) is 13.9 Å². The van der Waals surface area contributed by atoms with Crippen LogP contribution < -0.4 is 0 Å². The predicted molar refractivity (Wildman–Crippen MR) is 92.4 cm³/mol. The van der Waals surface area contributed by atoms with Gasteiger partial charge in [-0.3, -0.25) is 0 Å². The summed E-state index contributed by atoms with van der Waals surface area (Å²) in [6.07, 6.45) is 4.55. The Kier molecular flexibility index (Phi) is 4.77. The quantitative estimate of drug-likeness (QED) is 0.566. The third kappa shape index (κ3) is 3.59. The van der Waals surface area contributed by atoms with Crippen LogP contribution in [0.1, 0.15) is 17.5 Å². The van der Waals surface area contributed by atoms with E-state index >= 15 is 0 Å². The molecule has 1 unspecified atom stereocenters. The van der Waals surface area contributed by atoms with E-state index in [0.717, 1.165) is 5.56 Å². The Morgan fingerprint density at radius 1 is 0.923 bits per heavy atom. The van der Waals surface area contributed by atoms with Gasteiger partial charge in [0.15, 0.2) is 0 Å². The minimum absolute atomic E-state index is 0.0488. The maximum absolute atomic E-state index is 12.9. The highest BCUT2D eigenvalue weighted by Gasteiger charge is 2.52. The summed E-state index contributed by atoms with van der Waals surface area (Å²) >= 11 is 0. The summed E-state index contributed by atoms with van der Waals surface area (Å²) in [5.74, 6) is 0. The Hall–Kier alpha value is -2.38. The molecule has 0 aromatic heterocycles. The van der Waals surface area contributed by atoms with E-state index in [9.17, 15) is 21.6 Å². The molecular weight excluding hydrogens is 365 g/mol. The van der Waals surface area contributed by atoms with Crippen molar-refractivity contribution in [3.8, 4) is 0 Å². The summed E-state index contributed by atoms with van der Waals surface area (Å²) in [4.78, 5) is 0. The molecule has 0 saturated carbocycles. The van der Waals surface area contributed by atoms with Gasteiger partial charge in [-0.2, -0.15) is 21.6 Å². The molecule has 0 aliphatic heterocycles. The van der Waals surface area contributed by atoms with Crippen LogP contribution in [0.5, 0.6) is 0 Å². The first-order valence-electron chi connectivity index (χ1n) is 7.75. The van der Waals surface area contributed by atoms with Crippen LogP contribution in [0.4, 0.5) is 13.2 Å². The first kappa shape index (κ1) is 18.4. The molecule has 136 valence electrons. The van der Waals surface area contributed by atoms with Gasteiger partial charge in [0.1, 0.15) is 5.60 Å². The Bertz CT molecular complexity index is 933. The fourth-order valence-electron chi connectivity index (χ4n) is 2.84. The van der Waals surface area contributed by atoms with Gasteiger partial charge < -0.3 is 0 Å². The first-order valence-corrected chi connectivity index (χ1v) is 9.16. The Morgan fingerprint density at radius 3 is 2.08 bits per heavy atom. The molecule has 1 atom stereocenters. The third-order valence-corrected chi connectivity index (χ3v) is 5.15. The molecule has 0 spiro atoms. The molecule has 0 N–H and O–H groups in total. The van der Waals surface area contributed by atoms with E-state index in [1.165, 1.54) is 12.2 Å². The van der Waals surface area contributed by atoms with Gasteiger partial charge in [0.2, 0.25) is 0 Å². The van der Waals surface area contributed by atoms with Crippen molar-refractivity contribution in [2.45, 2.75) is 17.5 Å². The van der Waals surface area contributed by atoms with Crippen LogP contribution in [-0.2, 0) is 19.9 Å². The molecule has 0 radical (unpaired) electrons. The molecule has 0 fully saturated rings. The summed E-state index contributed by atoms with van der Waals surface area (Å²) in [7, 11) is -5.79. The average molecular weight is 380 g/mol. The Balaban J connectivity index is 2.07. The summed E-state index contributed by atoms with van der Waals surface area (Å²) in [6, 6.07) is 17.0. The first-order chi connectivity index (χ1) is 12.2. The fourth-order valence-corrected chi connectivity index (χ4v) is 3.53. The average Bonchev–Trinajstić information content (AvgIpc) is 2.62. The molecule has 2 aromatic carbocycles. The zero-order chi connectivity index (χ0) is 18.8. The maximum Gasteiger partial charge on any atom is 0.523 e. The lowest BCUT2D eigenvalue weighted by molar-refractivity contribution is -0.0618. The number of allylic oxidation sites excluding steroid dienone is 2. The van der Waals surface area contributed by atoms with Crippen molar-refractivity contribution in [3.63, 3.8) is 0 Å². The van der Waals surface area contributed by atoms with Gasteiger partial charge in [0.25, 0.3) is 0 Å². The Morgan fingerprint density at radius 2 is 1.50 bits per heavy atom. The number of hydrogen-bond donors (Lipinski definition) is 0. The van der Waals surface area contributed by atoms with Crippen molar-refractivity contribution in [3.05, 3.63) is 90.0 Å². The predicted octanol–water partition coefficient (Wildman–Crippen LogP) is 4.79. The molecule has 0 bridgehead atoms. The lowest BCUT2D eigenvalue weighted by atomic mass is 9.82. The van der Waals surface area contributed by atoms with Gasteiger partial charge in [-0.05, 0) is 22.8 Å². The molecule has 1 aliphatic rings. The van der Waals surface area contributed by atoms with Crippen LogP contribution >= 0.6 is 0 Å². The van der Waals surface area contributed by atoms with Crippen LogP contribution in [0.2, 0.25) is 0 Å². The van der Waals surface area contributed by atoms with Gasteiger partial charge in [-0.1, -0.05) is 72.8 Å². The fraction of sp³-hybridized carbons (Fsp3) is 0.158. The van der Waals surface area contributed by atoms with Crippen molar-refractivity contribution in [1.82, 2.24) is 0 Å². The standard InChI is InChI=1S/C19H15F3O3S/c20-19(21,22)26(23,24)25-18(17-11-5-2-6-12-17)13-7-10-16(14-18)15-8-3-1-4-9-15/h1-13H,14H2. The molecule has 7 heteroatoms. The third-order valence-electron chi connectivity index (χ3n) is 4.06. The van der Waals surface area contributed by atoms with Crippen molar-refractivity contribution < 1.29 is 25.8 Å². The molecular formula is C19H15F3O3S. The topological polar surface area (TPSA) is 43.4 Å². The zero-order valence-corrected chi connectivity index (χ0v) is 14.3. The van der Waals surface area contributed by atoms with Crippen molar-refractivity contribution >= 4 is 15.7 Å². The number of rotatable bonds is 4. The Labute approximate surface area is 149 Å². The van der Waals surface area contributed by atoms with Crippen LogP contribution in [0.3, 0.4) is 0 Å². The molecule has 0 amide bonds. The van der Waals surface area contributed by atoms with E-state index < -0.39 is 21.2 Å². The highest BCUT2D eigenvalue weighted by molar-refractivity contribution is 7.87. The molecule has 0 heterocycles. The molecule has 26 heavy (non-hydrogen) atoms. The second-order valence-electron chi connectivity index (χ2n) is 5.83. The zero-order valence-electron chi connectivity index (χ0n) is 13.5. The number of alkyl halides is 3. The summed E-state index contributed by atoms with van der Waals surface area (Å²) in [6.45, 7) is 0. The molecule has 0 saturated heterocycles. The lowest BCUT2D eigenvalue weighted by Crippen LogP contribution is -2.37. The second kappa shape index (κ2) is 6.74. The molecule has 3 rings (SSSR count). The van der Waals surface area contributed by atoms with Crippen LogP contribution in [0, 0.1) is 0 Å². The van der Waals surface area contributed by atoms with E-state index in [0.29, 0.717) is 11.1 Å². The van der Waals surface area contributed by atoms with E-state index in [1.807, 2.05) is 6.07 Å². The van der Waals surface area contributed by atoms with Gasteiger partial charge in [0.05, 0.1) is 0 Å². The van der Waals surface area contributed by atoms with Crippen molar-refractivity contribution in [1.29, 1.82) is 0 Å². The number of benzene rings is 2. The van der Waals surface area contributed by atoms with Crippen LogP contribution in [0.15, 0.2) is 78.9 Å². The SMILES string of the molecule is O=S(=O)(OC1(c2ccccc2)C=CC=C(c2ccccc2)C1)C(F)(F)F. The number of hydrogen-bond acceptors (Lipinski definition) is 3. The van der Waals surface area contributed by atoms with E-state index in [-0.39, 0.29) is 6.42 Å². The van der Waals surface area contributed by atoms with Gasteiger partial charge in [-0.15, -0.1) is 0 Å². The van der Waals surface area contributed by atoms with E-state index in [1.54, 1.807) is 60.7 Å². The minimum atomic E-state index is -5.79. The normalized spacial score (nSPS) is 20.7. The monoisotopic (exact) mass is 380 g/mol. The molecule has 3 nitrogen and oxygen atoms in total. The highest BCUT2D eigenvalue weighted by atomic mass is 32.2. The van der Waals surface area contributed by atoms with Crippen molar-refractivity contribution in [2.24, 2.45) is 0 Å². The largest absolute Gasteiger partial charge is 0.523 e. The molecule has 2 aromatic rings. The van der Waals surface area contributed by atoms with Gasteiger partial charge >= 0.3 is 15.6 Å². The minimum Gasteiger partial charge on any atom is -0.247 e.